The number of hydrogen-bond acceptors (Lipinski definition) is 4. The molecule has 132 valence electrons. The van der Waals surface area contributed by atoms with E-state index in [0.717, 1.165) is 27.0 Å². The Kier molecular flexibility index (Phi) is 5.88. The highest BCUT2D eigenvalue weighted by molar-refractivity contribution is 7.20. The average Bonchev–Trinajstić information content (AvgIpc) is 2.94. The Balaban J connectivity index is 0.00000225. The summed E-state index contributed by atoms with van der Waals surface area (Å²) in [4.78, 5) is 17.7. The number of halogens is 1. The third-order valence-corrected chi connectivity index (χ3v) is 5.68. The van der Waals surface area contributed by atoms with Crippen LogP contribution in [-0.4, -0.2) is 17.9 Å². The van der Waals surface area contributed by atoms with Crippen molar-refractivity contribution in [3.63, 3.8) is 0 Å². The van der Waals surface area contributed by atoms with Crippen molar-refractivity contribution in [2.24, 2.45) is 0 Å². The number of aryl methyl sites for hydroxylation is 4. The zero-order valence-electron chi connectivity index (χ0n) is 15.0. The molecular formula is C19H21ClNO2PS. The normalized spacial score (nSPS) is 10.6. The minimum absolute atomic E-state index is 0. The predicted octanol–water partition coefficient (Wildman–Crippen LogP) is 5.48. The number of thiazole rings is 1. The number of benzene rings is 2. The molecule has 25 heavy (non-hydrogen) atoms. The average molecular weight is 394 g/mol. The van der Waals surface area contributed by atoms with E-state index in [0.29, 0.717) is 26.9 Å². The second-order valence-corrected chi connectivity index (χ2v) is 7.36. The molecule has 2 aromatic carbocycles. The highest BCUT2D eigenvalue weighted by Crippen LogP contribution is 2.37. The second-order valence-electron chi connectivity index (χ2n) is 6.00. The first-order valence-electron chi connectivity index (χ1n) is 7.59. The number of carbonyl (C=O) groups is 1. The molecule has 0 radical (unpaired) electrons. The molecule has 0 aliphatic carbocycles. The Bertz CT molecular complexity index is 958. The van der Waals surface area contributed by atoms with Gasteiger partial charge in [-0.2, -0.15) is 9.90 Å². The van der Waals surface area contributed by atoms with Gasteiger partial charge in [-0.25, -0.2) is 4.98 Å². The van der Waals surface area contributed by atoms with Gasteiger partial charge in [-0.05, 0) is 50.5 Å². The maximum Gasteiger partial charge on any atom is 0.274 e. The number of carbonyl (C=O) groups excluding carboxylic acids is 1. The molecule has 0 aliphatic rings. The standard InChI is InChI=1S/C19H18ClNO2S.H3P/c1-9-6-10(2)15(11(3)7-9)17(22)13-8-14(20)12(4)18-16(13)21-19(23-5)24-18;/h6-8H,1-5H3;1H3. The topological polar surface area (TPSA) is 39.2 Å². The first-order chi connectivity index (χ1) is 11.3. The van der Waals surface area contributed by atoms with Crippen LogP contribution in [0, 0.1) is 27.7 Å². The highest BCUT2D eigenvalue weighted by Gasteiger charge is 2.22. The molecule has 6 heteroatoms. The molecule has 1 aromatic heterocycles. The number of aromatic nitrogens is 1. The van der Waals surface area contributed by atoms with E-state index in [4.69, 9.17) is 16.3 Å². The van der Waals surface area contributed by atoms with E-state index < -0.39 is 0 Å². The van der Waals surface area contributed by atoms with Crippen LogP contribution < -0.4 is 4.74 Å². The van der Waals surface area contributed by atoms with Gasteiger partial charge >= 0.3 is 0 Å². The fourth-order valence-corrected chi connectivity index (χ4v) is 4.25. The number of rotatable bonds is 3. The number of hydrogen-bond donors (Lipinski definition) is 0. The quantitative estimate of drug-likeness (QED) is 0.437. The van der Waals surface area contributed by atoms with Gasteiger partial charge in [0, 0.05) is 10.6 Å². The molecule has 0 N–H and O–H groups in total. The van der Waals surface area contributed by atoms with Gasteiger partial charge in [-0.3, -0.25) is 4.79 Å². The third-order valence-electron chi connectivity index (χ3n) is 4.16. The van der Waals surface area contributed by atoms with Crippen molar-refractivity contribution >= 4 is 48.8 Å². The Morgan fingerprint density at radius 1 is 1.12 bits per heavy atom. The van der Waals surface area contributed by atoms with Crippen molar-refractivity contribution in [2.75, 3.05) is 7.11 Å². The van der Waals surface area contributed by atoms with Gasteiger partial charge in [0.1, 0.15) is 0 Å². The van der Waals surface area contributed by atoms with Gasteiger partial charge in [-0.1, -0.05) is 40.6 Å². The summed E-state index contributed by atoms with van der Waals surface area (Å²) in [6.45, 7) is 7.88. The van der Waals surface area contributed by atoms with Crippen molar-refractivity contribution in [1.29, 1.82) is 0 Å². The summed E-state index contributed by atoms with van der Waals surface area (Å²) in [5.74, 6) is -0.0511. The van der Waals surface area contributed by atoms with Gasteiger partial charge in [0.05, 0.1) is 22.9 Å². The molecule has 3 aromatic rings. The van der Waals surface area contributed by atoms with Crippen LogP contribution in [0.25, 0.3) is 10.2 Å². The molecule has 0 spiro atoms. The summed E-state index contributed by atoms with van der Waals surface area (Å²) in [5.41, 5.74) is 5.88. The lowest BCUT2D eigenvalue weighted by Gasteiger charge is -2.12. The van der Waals surface area contributed by atoms with E-state index >= 15 is 0 Å². The molecule has 0 saturated heterocycles. The van der Waals surface area contributed by atoms with Gasteiger partial charge in [0.15, 0.2) is 5.78 Å². The molecule has 0 bridgehead atoms. The molecule has 0 amide bonds. The Labute approximate surface area is 160 Å². The maximum atomic E-state index is 13.2. The molecule has 1 heterocycles. The first kappa shape index (κ1) is 19.8. The van der Waals surface area contributed by atoms with Crippen LogP contribution in [0.5, 0.6) is 5.19 Å². The van der Waals surface area contributed by atoms with E-state index in [1.54, 1.807) is 13.2 Å². The lowest BCUT2D eigenvalue weighted by Crippen LogP contribution is -2.08. The van der Waals surface area contributed by atoms with Crippen LogP contribution in [0.4, 0.5) is 0 Å². The highest BCUT2D eigenvalue weighted by atomic mass is 35.5. The summed E-state index contributed by atoms with van der Waals surface area (Å²) in [6.07, 6.45) is 0. The smallest absolute Gasteiger partial charge is 0.274 e. The van der Waals surface area contributed by atoms with Crippen molar-refractivity contribution < 1.29 is 9.53 Å². The van der Waals surface area contributed by atoms with Crippen LogP contribution >= 0.6 is 32.8 Å². The molecule has 3 nitrogen and oxygen atoms in total. The number of ether oxygens (including phenoxy) is 1. The number of nitrogens with zero attached hydrogens (tertiary/aromatic N) is 1. The second kappa shape index (κ2) is 7.41. The minimum atomic E-state index is -0.0511. The van der Waals surface area contributed by atoms with E-state index in [1.165, 1.54) is 11.3 Å². The van der Waals surface area contributed by atoms with Gasteiger partial charge < -0.3 is 4.74 Å². The van der Waals surface area contributed by atoms with Crippen LogP contribution in [0.15, 0.2) is 18.2 Å². The molecular weight excluding hydrogens is 373 g/mol. The van der Waals surface area contributed by atoms with E-state index in [-0.39, 0.29) is 15.7 Å². The third kappa shape index (κ3) is 3.44. The molecule has 0 saturated carbocycles. The summed E-state index contributed by atoms with van der Waals surface area (Å²) in [5, 5.41) is 1.10. The Hall–Kier alpha value is -1.48. The summed E-state index contributed by atoms with van der Waals surface area (Å²) >= 11 is 7.77. The van der Waals surface area contributed by atoms with E-state index in [1.807, 2.05) is 39.8 Å². The molecule has 1 atom stereocenters. The lowest BCUT2D eigenvalue weighted by atomic mass is 9.92. The molecule has 0 aliphatic heterocycles. The fraction of sp³-hybridized carbons (Fsp3) is 0.263. The zero-order chi connectivity index (χ0) is 17.6. The fourth-order valence-electron chi connectivity index (χ4n) is 3.08. The van der Waals surface area contributed by atoms with E-state index in [2.05, 4.69) is 4.98 Å². The Morgan fingerprint density at radius 2 is 1.72 bits per heavy atom. The SMILES string of the molecule is COc1nc2c(C(=O)c3c(C)cc(C)cc3C)cc(Cl)c(C)c2s1.P. The zero-order valence-corrected chi connectivity index (χ0v) is 18.0. The maximum absolute atomic E-state index is 13.2. The lowest BCUT2D eigenvalue weighted by molar-refractivity contribution is 0.103. The van der Waals surface area contributed by atoms with Gasteiger partial charge in [0.2, 0.25) is 0 Å². The van der Waals surface area contributed by atoms with Crippen molar-refractivity contribution in [1.82, 2.24) is 4.98 Å². The van der Waals surface area contributed by atoms with Crippen molar-refractivity contribution in [3.8, 4) is 5.19 Å². The van der Waals surface area contributed by atoms with Crippen LogP contribution in [-0.2, 0) is 0 Å². The van der Waals surface area contributed by atoms with Crippen molar-refractivity contribution in [3.05, 3.63) is 56.6 Å². The first-order valence-corrected chi connectivity index (χ1v) is 8.79. The summed E-state index contributed by atoms with van der Waals surface area (Å²) < 4.78 is 6.14. The largest absolute Gasteiger partial charge is 0.473 e. The van der Waals surface area contributed by atoms with Crippen LogP contribution in [0.2, 0.25) is 5.02 Å². The van der Waals surface area contributed by atoms with Gasteiger partial charge in [-0.15, -0.1) is 0 Å². The molecule has 0 fully saturated rings. The summed E-state index contributed by atoms with van der Waals surface area (Å²) in [6, 6.07) is 5.77. The number of methoxy groups -OCH3 is 1. The minimum Gasteiger partial charge on any atom is -0.473 e. The predicted molar refractivity (Wildman–Crippen MR) is 111 cm³/mol. The van der Waals surface area contributed by atoms with E-state index in [9.17, 15) is 4.79 Å². The van der Waals surface area contributed by atoms with Crippen molar-refractivity contribution in [2.45, 2.75) is 27.7 Å². The Morgan fingerprint density at radius 3 is 2.28 bits per heavy atom. The molecule has 1 unspecified atom stereocenters. The monoisotopic (exact) mass is 393 g/mol. The summed E-state index contributed by atoms with van der Waals surface area (Å²) in [7, 11) is 1.57. The molecule has 3 rings (SSSR count). The van der Waals surface area contributed by atoms with Gasteiger partial charge in [0.25, 0.3) is 5.19 Å². The van der Waals surface area contributed by atoms with Crippen LogP contribution in [0.3, 0.4) is 0 Å². The number of ketones is 1. The van der Waals surface area contributed by atoms with Crippen LogP contribution in [0.1, 0.15) is 38.2 Å². The number of fused-ring (bicyclic) bond motifs is 1.